The standard InChI is InChI=1S/C16H20F3N3O2S/c1-2-3-14(23)21-5-6-22-12(10-21)4-7-25(24)13-8-11(16(17,18)19)9-20-15(13)22/h8-9,12H,2-7,10H2,1H3/t12-,25?/m1/s1. The Hall–Kier alpha value is -1.64. The molecule has 0 spiro atoms. The summed E-state index contributed by atoms with van der Waals surface area (Å²) in [7, 11) is -1.53. The molecule has 1 aromatic rings. The Bertz CT molecular complexity index is 696. The number of anilines is 1. The Kier molecular flexibility index (Phi) is 5.04. The number of carbonyl (C=O) groups is 1. The van der Waals surface area contributed by atoms with Crippen molar-refractivity contribution in [3.8, 4) is 0 Å². The normalized spacial score (nSPS) is 23.7. The van der Waals surface area contributed by atoms with Crippen LogP contribution in [0.3, 0.4) is 0 Å². The minimum Gasteiger partial charge on any atom is -0.349 e. The van der Waals surface area contributed by atoms with Crippen molar-refractivity contribution in [1.82, 2.24) is 9.88 Å². The van der Waals surface area contributed by atoms with E-state index in [1.54, 1.807) is 4.90 Å². The van der Waals surface area contributed by atoms with Crippen LogP contribution in [0.5, 0.6) is 0 Å². The molecule has 1 saturated heterocycles. The summed E-state index contributed by atoms with van der Waals surface area (Å²) < 4.78 is 51.2. The number of piperazine rings is 1. The van der Waals surface area contributed by atoms with E-state index in [4.69, 9.17) is 0 Å². The summed E-state index contributed by atoms with van der Waals surface area (Å²) in [6.45, 7) is 3.44. The van der Waals surface area contributed by atoms with Gasteiger partial charge in [-0.05, 0) is 18.9 Å². The molecule has 0 radical (unpaired) electrons. The smallest absolute Gasteiger partial charge is 0.349 e. The molecule has 3 heterocycles. The summed E-state index contributed by atoms with van der Waals surface area (Å²) in [5, 5.41) is 0. The lowest BCUT2D eigenvalue weighted by atomic mass is 10.1. The molecular formula is C16H20F3N3O2S. The van der Waals surface area contributed by atoms with Crippen LogP contribution in [0, 0.1) is 0 Å². The quantitative estimate of drug-likeness (QED) is 0.797. The van der Waals surface area contributed by atoms with Gasteiger partial charge in [0, 0.05) is 44.0 Å². The Morgan fingerprint density at radius 3 is 2.84 bits per heavy atom. The maximum atomic E-state index is 12.9. The first-order chi connectivity index (χ1) is 11.8. The number of hydrogen-bond acceptors (Lipinski definition) is 4. The average Bonchev–Trinajstić information content (AvgIpc) is 2.71. The molecule has 0 saturated carbocycles. The minimum absolute atomic E-state index is 0.0657. The molecule has 25 heavy (non-hydrogen) atoms. The molecule has 0 N–H and O–H groups in total. The van der Waals surface area contributed by atoms with Gasteiger partial charge in [-0.15, -0.1) is 0 Å². The summed E-state index contributed by atoms with van der Waals surface area (Å²) in [5.41, 5.74) is -0.880. The zero-order valence-corrected chi connectivity index (χ0v) is 14.7. The van der Waals surface area contributed by atoms with Crippen LogP contribution in [0.4, 0.5) is 19.0 Å². The highest BCUT2D eigenvalue weighted by molar-refractivity contribution is 7.85. The second-order valence-corrected chi connectivity index (χ2v) is 7.86. The number of hydrogen-bond donors (Lipinski definition) is 0. The third-order valence-corrected chi connectivity index (χ3v) is 6.01. The van der Waals surface area contributed by atoms with E-state index in [0.29, 0.717) is 38.3 Å². The molecule has 2 atom stereocenters. The molecule has 3 rings (SSSR count). The second-order valence-electron chi connectivity index (χ2n) is 6.32. The van der Waals surface area contributed by atoms with Gasteiger partial charge < -0.3 is 9.80 Å². The fourth-order valence-electron chi connectivity index (χ4n) is 3.31. The first-order valence-electron chi connectivity index (χ1n) is 8.31. The molecule has 0 aromatic carbocycles. The maximum Gasteiger partial charge on any atom is 0.417 e. The Morgan fingerprint density at radius 1 is 1.40 bits per heavy atom. The van der Waals surface area contributed by atoms with Crippen LogP contribution in [-0.4, -0.2) is 51.4 Å². The van der Waals surface area contributed by atoms with Crippen LogP contribution in [0.25, 0.3) is 0 Å². The predicted molar refractivity (Wildman–Crippen MR) is 87.8 cm³/mol. The molecule has 9 heteroatoms. The van der Waals surface area contributed by atoms with Crippen molar-refractivity contribution in [2.45, 2.75) is 43.3 Å². The van der Waals surface area contributed by atoms with E-state index in [-0.39, 0.29) is 22.6 Å². The number of alkyl halides is 3. The van der Waals surface area contributed by atoms with Gasteiger partial charge in [0.25, 0.3) is 0 Å². The molecule has 5 nitrogen and oxygen atoms in total. The summed E-state index contributed by atoms with van der Waals surface area (Å²) in [6.07, 6.45) is -1.89. The monoisotopic (exact) mass is 375 g/mol. The van der Waals surface area contributed by atoms with Crippen molar-refractivity contribution in [2.24, 2.45) is 0 Å². The van der Waals surface area contributed by atoms with Crippen LogP contribution >= 0.6 is 0 Å². The van der Waals surface area contributed by atoms with Crippen LogP contribution in [-0.2, 0) is 21.8 Å². The van der Waals surface area contributed by atoms with Gasteiger partial charge in [-0.2, -0.15) is 13.2 Å². The number of rotatable bonds is 2. The highest BCUT2D eigenvalue weighted by Crippen LogP contribution is 2.36. The zero-order chi connectivity index (χ0) is 18.2. The topological polar surface area (TPSA) is 53.5 Å². The van der Waals surface area contributed by atoms with E-state index >= 15 is 0 Å². The molecule has 1 unspecified atom stereocenters. The Labute approximate surface area is 146 Å². The van der Waals surface area contributed by atoms with Crippen molar-refractivity contribution >= 4 is 22.5 Å². The maximum absolute atomic E-state index is 12.9. The third kappa shape index (κ3) is 3.65. The van der Waals surface area contributed by atoms with E-state index in [1.165, 1.54) is 0 Å². The lowest BCUT2D eigenvalue weighted by molar-refractivity contribution is -0.138. The van der Waals surface area contributed by atoms with E-state index in [9.17, 15) is 22.2 Å². The van der Waals surface area contributed by atoms with Crippen molar-refractivity contribution in [3.05, 3.63) is 17.8 Å². The predicted octanol–water partition coefficient (Wildman–Crippen LogP) is 2.43. The Balaban J connectivity index is 1.89. The largest absolute Gasteiger partial charge is 0.417 e. The first-order valence-corrected chi connectivity index (χ1v) is 9.63. The van der Waals surface area contributed by atoms with Gasteiger partial charge in [0.15, 0.2) is 0 Å². The molecule has 1 amide bonds. The number of fused-ring (bicyclic) bond motifs is 3. The van der Waals surface area contributed by atoms with Gasteiger partial charge in [0.05, 0.1) is 21.3 Å². The summed E-state index contributed by atoms with van der Waals surface area (Å²) in [6, 6.07) is 0.888. The van der Waals surface area contributed by atoms with E-state index in [1.807, 2.05) is 11.8 Å². The minimum atomic E-state index is -4.51. The number of amides is 1. The molecule has 1 fully saturated rings. The van der Waals surface area contributed by atoms with Crippen molar-refractivity contribution in [2.75, 3.05) is 30.3 Å². The van der Waals surface area contributed by atoms with Gasteiger partial charge in [-0.3, -0.25) is 9.00 Å². The highest BCUT2D eigenvalue weighted by Gasteiger charge is 2.37. The number of carbonyl (C=O) groups excluding carboxylic acids is 1. The van der Waals surface area contributed by atoms with Crippen molar-refractivity contribution in [3.63, 3.8) is 0 Å². The van der Waals surface area contributed by atoms with Gasteiger partial charge in [0.1, 0.15) is 5.82 Å². The molecule has 0 bridgehead atoms. The van der Waals surface area contributed by atoms with Gasteiger partial charge >= 0.3 is 6.18 Å². The first kappa shape index (κ1) is 18.2. The van der Waals surface area contributed by atoms with E-state index < -0.39 is 22.5 Å². The fraction of sp³-hybridized carbons (Fsp3) is 0.625. The molecule has 1 aromatic heterocycles. The molecule has 138 valence electrons. The van der Waals surface area contributed by atoms with Gasteiger partial charge in [-0.25, -0.2) is 4.98 Å². The van der Waals surface area contributed by atoms with Crippen LogP contribution in [0.15, 0.2) is 17.2 Å². The van der Waals surface area contributed by atoms with Gasteiger partial charge in [0.2, 0.25) is 5.91 Å². The number of aromatic nitrogens is 1. The van der Waals surface area contributed by atoms with Crippen LogP contribution in [0.1, 0.15) is 31.7 Å². The number of pyridine rings is 1. The zero-order valence-electron chi connectivity index (χ0n) is 13.9. The summed E-state index contributed by atoms with van der Waals surface area (Å²) in [5.74, 6) is 0.719. The lowest BCUT2D eigenvalue weighted by Crippen LogP contribution is -2.55. The molecule has 2 aliphatic heterocycles. The summed E-state index contributed by atoms with van der Waals surface area (Å²) in [4.78, 5) is 20.0. The van der Waals surface area contributed by atoms with Crippen LogP contribution in [0.2, 0.25) is 0 Å². The molecule has 0 aliphatic carbocycles. The van der Waals surface area contributed by atoms with Crippen LogP contribution < -0.4 is 4.90 Å². The summed E-state index contributed by atoms with van der Waals surface area (Å²) >= 11 is 0. The van der Waals surface area contributed by atoms with E-state index in [2.05, 4.69) is 4.98 Å². The fourth-order valence-corrected chi connectivity index (χ4v) is 4.65. The van der Waals surface area contributed by atoms with Crippen molar-refractivity contribution in [1.29, 1.82) is 0 Å². The number of halogens is 3. The van der Waals surface area contributed by atoms with E-state index in [0.717, 1.165) is 18.7 Å². The van der Waals surface area contributed by atoms with Gasteiger partial charge in [-0.1, -0.05) is 6.92 Å². The number of nitrogens with zero attached hydrogens (tertiary/aromatic N) is 3. The lowest BCUT2D eigenvalue weighted by Gasteiger charge is -2.41. The highest BCUT2D eigenvalue weighted by atomic mass is 32.2. The molecular weight excluding hydrogens is 355 g/mol. The SMILES string of the molecule is CCCC(=O)N1CCN2c3ncc(C(F)(F)F)cc3S(=O)CC[C@@H]2C1. The van der Waals surface area contributed by atoms with Crippen molar-refractivity contribution < 1.29 is 22.2 Å². The third-order valence-electron chi connectivity index (χ3n) is 4.61. The Morgan fingerprint density at radius 2 is 2.16 bits per heavy atom. The second kappa shape index (κ2) is 6.93. The molecule has 2 aliphatic rings. The average molecular weight is 375 g/mol.